The van der Waals surface area contributed by atoms with Crippen LogP contribution in [0.3, 0.4) is 0 Å². The summed E-state index contributed by atoms with van der Waals surface area (Å²) < 4.78 is 0. The number of fused-ring (bicyclic) bond motifs is 1. The Kier molecular flexibility index (Phi) is 2.03. The van der Waals surface area contributed by atoms with Crippen LogP contribution in [-0.2, 0) is 10.2 Å². The summed E-state index contributed by atoms with van der Waals surface area (Å²) in [4.78, 5) is 14.6. The van der Waals surface area contributed by atoms with E-state index < -0.39 is 17.5 Å². The van der Waals surface area contributed by atoms with Crippen molar-refractivity contribution in [3.8, 4) is 0 Å². The predicted molar refractivity (Wildman–Crippen MR) is 62.9 cm³/mol. The third kappa shape index (κ3) is 1.31. The SMILES string of the molecule is O=C(O)C1(c2cccc3cc[nH]c23)CC(O)C1. The number of H-pyrrole nitrogens is 1. The van der Waals surface area contributed by atoms with E-state index >= 15 is 0 Å². The number of hydrogen-bond acceptors (Lipinski definition) is 2. The van der Waals surface area contributed by atoms with E-state index in [9.17, 15) is 15.0 Å². The van der Waals surface area contributed by atoms with Gasteiger partial charge in [0.15, 0.2) is 0 Å². The number of hydrogen-bond donors (Lipinski definition) is 3. The standard InChI is InChI=1S/C13H13NO3/c15-9-6-13(7-9,12(16)17)10-3-1-2-8-4-5-14-11(8)10/h1-5,9,14-15H,6-7H2,(H,16,17). The van der Waals surface area contributed by atoms with Gasteiger partial charge in [0.05, 0.1) is 11.5 Å². The molecule has 1 aliphatic carbocycles. The van der Waals surface area contributed by atoms with E-state index in [-0.39, 0.29) is 0 Å². The summed E-state index contributed by atoms with van der Waals surface area (Å²) in [6.07, 6.45) is 1.89. The molecule has 3 rings (SSSR count). The summed E-state index contributed by atoms with van der Waals surface area (Å²) in [6.45, 7) is 0. The molecule has 2 aromatic rings. The fourth-order valence-corrected chi connectivity index (χ4v) is 2.74. The van der Waals surface area contributed by atoms with Gasteiger partial charge in [0.1, 0.15) is 0 Å². The van der Waals surface area contributed by atoms with Gasteiger partial charge in [-0.1, -0.05) is 18.2 Å². The van der Waals surface area contributed by atoms with Gasteiger partial charge in [-0.3, -0.25) is 4.79 Å². The number of carbonyl (C=O) groups is 1. The second kappa shape index (κ2) is 3.34. The first kappa shape index (κ1) is 10.4. The Morgan fingerprint density at radius 3 is 2.76 bits per heavy atom. The van der Waals surface area contributed by atoms with Crippen molar-refractivity contribution in [2.75, 3.05) is 0 Å². The second-order valence-corrected chi connectivity index (χ2v) is 4.70. The molecule has 1 heterocycles. The lowest BCUT2D eigenvalue weighted by Gasteiger charge is -2.42. The topological polar surface area (TPSA) is 73.3 Å². The normalized spacial score (nSPS) is 27.9. The van der Waals surface area contributed by atoms with Crippen LogP contribution in [0.2, 0.25) is 0 Å². The zero-order valence-corrected chi connectivity index (χ0v) is 9.18. The molecular weight excluding hydrogens is 218 g/mol. The molecule has 4 heteroatoms. The van der Waals surface area contributed by atoms with E-state index in [4.69, 9.17) is 0 Å². The first-order valence-corrected chi connectivity index (χ1v) is 5.61. The molecule has 0 spiro atoms. The Morgan fingerprint density at radius 1 is 1.35 bits per heavy atom. The molecule has 88 valence electrons. The third-order valence-corrected chi connectivity index (χ3v) is 3.68. The van der Waals surface area contributed by atoms with Crippen molar-refractivity contribution in [3.05, 3.63) is 36.0 Å². The first-order valence-electron chi connectivity index (χ1n) is 5.61. The lowest BCUT2D eigenvalue weighted by atomic mass is 9.62. The number of rotatable bonds is 2. The van der Waals surface area contributed by atoms with Crippen LogP contribution in [0.4, 0.5) is 0 Å². The lowest BCUT2D eigenvalue weighted by Crippen LogP contribution is -2.50. The molecule has 0 aliphatic heterocycles. The molecular formula is C13H13NO3. The summed E-state index contributed by atoms with van der Waals surface area (Å²) in [6, 6.07) is 7.56. The van der Waals surface area contributed by atoms with Gasteiger partial charge in [-0.15, -0.1) is 0 Å². The molecule has 0 saturated heterocycles. The minimum atomic E-state index is -0.927. The van der Waals surface area contributed by atoms with Crippen LogP contribution in [0.25, 0.3) is 10.9 Å². The number of carboxylic acid groups (broad SMARTS) is 1. The Morgan fingerprint density at radius 2 is 2.12 bits per heavy atom. The number of aliphatic carboxylic acids is 1. The molecule has 17 heavy (non-hydrogen) atoms. The first-order chi connectivity index (χ1) is 8.13. The smallest absolute Gasteiger partial charge is 0.314 e. The Hall–Kier alpha value is -1.81. The van der Waals surface area contributed by atoms with E-state index in [1.165, 1.54) is 0 Å². The number of benzene rings is 1. The van der Waals surface area contributed by atoms with E-state index in [1.54, 1.807) is 6.20 Å². The van der Waals surface area contributed by atoms with Gasteiger partial charge in [-0.05, 0) is 29.9 Å². The Labute approximate surface area is 97.9 Å². The molecule has 1 aromatic heterocycles. The van der Waals surface area contributed by atoms with Gasteiger partial charge in [-0.25, -0.2) is 0 Å². The minimum Gasteiger partial charge on any atom is -0.481 e. The van der Waals surface area contributed by atoms with Crippen LogP contribution >= 0.6 is 0 Å². The van der Waals surface area contributed by atoms with E-state index in [1.807, 2.05) is 24.3 Å². The average molecular weight is 231 g/mol. The molecule has 0 amide bonds. The Bertz CT molecular complexity index is 581. The number of nitrogens with one attached hydrogen (secondary N) is 1. The van der Waals surface area contributed by atoms with Crippen molar-refractivity contribution < 1.29 is 15.0 Å². The number of aliphatic hydroxyl groups excluding tert-OH is 1. The second-order valence-electron chi connectivity index (χ2n) is 4.70. The average Bonchev–Trinajstić information content (AvgIpc) is 2.71. The maximum atomic E-state index is 11.5. The van der Waals surface area contributed by atoms with Crippen molar-refractivity contribution in [2.45, 2.75) is 24.4 Å². The summed E-state index contributed by atoms with van der Waals surface area (Å²) in [7, 11) is 0. The molecule has 1 aliphatic rings. The van der Waals surface area contributed by atoms with Gasteiger partial charge in [0, 0.05) is 11.7 Å². The molecule has 0 radical (unpaired) electrons. The fraction of sp³-hybridized carbons (Fsp3) is 0.308. The highest BCUT2D eigenvalue weighted by Gasteiger charge is 2.52. The van der Waals surface area contributed by atoms with Crippen molar-refractivity contribution in [1.82, 2.24) is 4.98 Å². The lowest BCUT2D eigenvalue weighted by molar-refractivity contribution is -0.152. The van der Waals surface area contributed by atoms with E-state index in [2.05, 4.69) is 4.98 Å². The van der Waals surface area contributed by atoms with Crippen LogP contribution in [-0.4, -0.2) is 27.3 Å². The van der Waals surface area contributed by atoms with Crippen LogP contribution in [0, 0.1) is 0 Å². The van der Waals surface area contributed by atoms with Crippen LogP contribution in [0.5, 0.6) is 0 Å². The molecule has 0 bridgehead atoms. The predicted octanol–water partition coefficient (Wildman–Crippen LogP) is 1.64. The van der Waals surface area contributed by atoms with Crippen molar-refractivity contribution in [2.24, 2.45) is 0 Å². The van der Waals surface area contributed by atoms with Gasteiger partial charge < -0.3 is 15.2 Å². The van der Waals surface area contributed by atoms with Gasteiger partial charge in [0.25, 0.3) is 0 Å². The monoisotopic (exact) mass is 231 g/mol. The molecule has 1 aromatic carbocycles. The zero-order valence-electron chi connectivity index (χ0n) is 9.18. The molecule has 0 unspecified atom stereocenters. The minimum absolute atomic E-state index is 0.292. The molecule has 0 atom stereocenters. The summed E-state index contributed by atoms with van der Waals surface area (Å²) in [5.74, 6) is -0.857. The molecule has 1 saturated carbocycles. The Balaban J connectivity index is 2.20. The fourth-order valence-electron chi connectivity index (χ4n) is 2.74. The van der Waals surface area contributed by atoms with Gasteiger partial charge in [0.2, 0.25) is 0 Å². The van der Waals surface area contributed by atoms with Crippen molar-refractivity contribution in [1.29, 1.82) is 0 Å². The third-order valence-electron chi connectivity index (χ3n) is 3.68. The summed E-state index contributed by atoms with van der Waals surface area (Å²) in [5.41, 5.74) is 0.712. The maximum absolute atomic E-state index is 11.5. The number of para-hydroxylation sites is 1. The highest BCUT2D eigenvalue weighted by atomic mass is 16.4. The highest BCUT2D eigenvalue weighted by Crippen LogP contribution is 2.46. The molecule has 4 nitrogen and oxygen atoms in total. The summed E-state index contributed by atoms with van der Waals surface area (Å²) >= 11 is 0. The zero-order chi connectivity index (χ0) is 12.0. The number of aromatic amines is 1. The van der Waals surface area contributed by atoms with Gasteiger partial charge >= 0.3 is 5.97 Å². The number of aromatic nitrogens is 1. The van der Waals surface area contributed by atoms with Crippen LogP contribution < -0.4 is 0 Å². The van der Waals surface area contributed by atoms with Crippen LogP contribution in [0.15, 0.2) is 30.5 Å². The molecule has 3 N–H and O–H groups in total. The highest BCUT2D eigenvalue weighted by molar-refractivity contribution is 5.92. The van der Waals surface area contributed by atoms with E-state index in [0.29, 0.717) is 12.8 Å². The largest absolute Gasteiger partial charge is 0.481 e. The quantitative estimate of drug-likeness (QED) is 0.735. The number of carboxylic acids is 1. The van der Waals surface area contributed by atoms with Crippen molar-refractivity contribution in [3.63, 3.8) is 0 Å². The summed E-state index contributed by atoms with van der Waals surface area (Å²) in [5, 5.41) is 19.9. The van der Waals surface area contributed by atoms with E-state index in [0.717, 1.165) is 16.5 Å². The van der Waals surface area contributed by atoms with Gasteiger partial charge in [-0.2, -0.15) is 0 Å². The van der Waals surface area contributed by atoms with Crippen LogP contribution in [0.1, 0.15) is 18.4 Å². The van der Waals surface area contributed by atoms with Crippen molar-refractivity contribution >= 4 is 16.9 Å². The maximum Gasteiger partial charge on any atom is 0.314 e. The number of aliphatic hydroxyl groups is 1. The molecule has 1 fully saturated rings.